The van der Waals surface area contributed by atoms with E-state index in [4.69, 9.17) is 9.47 Å². The zero-order valence-corrected chi connectivity index (χ0v) is 19.7. The van der Waals surface area contributed by atoms with Crippen LogP contribution in [0.2, 0.25) is 0 Å². The number of carbonyl (C=O) groups excluding carboxylic acids is 2. The summed E-state index contributed by atoms with van der Waals surface area (Å²) in [6.07, 6.45) is 8.11. The van der Waals surface area contributed by atoms with Gasteiger partial charge in [-0.15, -0.1) is 0 Å². The molecule has 174 valence electrons. The van der Waals surface area contributed by atoms with Gasteiger partial charge in [0.2, 0.25) is 0 Å². The first-order chi connectivity index (χ1) is 14.6. The van der Waals surface area contributed by atoms with Crippen molar-refractivity contribution in [3.63, 3.8) is 0 Å². The van der Waals surface area contributed by atoms with Crippen LogP contribution < -0.4 is 0 Å². The van der Waals surface area contributed by atoms with Gasteiger partial charge in [-0.05, 0) is 87.4 Å². The first-order valence-electron chi connectivity index (χ1n) is 12.2. The third-order valence-corrected chi connectivity index (χ3v) is 9.95. The lowest BCUT2D eigenvalue weighted by molar-refractivity contribution is -0.157. The van der Waals surface area contributed by atoms with Crippen LogP contribution in [0.1, 0.15) is 86.0 Å². The monoisotopic (exact) mass is 433 g/mol. The molecule has 6 nitrogen and oxygen atoms in total. The molecule has 0 aromatic carbocycles. The molecule has 0 spiro atoms. The molecule has 1 N–H and O–H groups in total. The maximum absolute atomic E-state index is 11.6. The number of esters is 2. The van der Waals surface area contributed by atoms with Crippen LogP contribution in [0.5, 0.6) is 0 Å². The molecular formula is C25H39NO5. The summed E-state index contributed by atoms with van der Waals surface area (Å²) in [5, 5.41) is 14.0. The van der Waals surface area contributed by atoms with Crippen LogP contribution in [0, 0.1) is 40.4 Å². The third-order valence-electron chi connectivity index (χ3n) is 9.95. The van der Waals surface area contributed by atoms with Gasteiger partial charge in [0.15, 0.2) is 0 Å². The first kappa shape index (κ1) is 22.6. The fourth-order valence-electron chi connectivity index (χ4n) is 8.57. The summed E-state index contributed by atoms with van der Waals surface area (Å²) >= 11 is 0. The molecular weight excluding hydrogens is 394 g/mol. The van der Waals surface area contributed by atoms with E-state index in [0.29, 0.717) is 23.7 Å². The van der Waals surface area contributed by atoms with Gasteiger partial charge >= 0.3 is 11.9 Å². The second-order valence-electron chi connectivity index (χ2n) is 11.2. The maximum atomic E-state index is 11.6. The van der Waals surface area contributed by atoms with Crippen molar-refractivity contribution in [2.75, 3.05) is 0 Å². The molecule has 0 bridgehead atoms. The number of hydrogen-bond acceptors (Lipinski definition) is 6. The Bertz CT molecular complexity index is 765. The highest BCUT2D eigenvalue weighted by atomic mass is 16.5. The second kappa shape index (κ2) is 8.08. The fraction of sp³-hybridized carbons (Fsp3) is 0.880. The predicted octanol–water partition coefficient (Wildman–Crippen LogP) is 4.97. The van der Waals surface area contributed by atoms with Gasteiger partial charge in [-0.1, -0.05) is 19.0 Å². The predicted molar refractivity (Wildman–Crippen MR) is 117 cm³/mol. The number of carbonyl (C=O) groups is 2. The van der Waals surface area contributed by atoms with Gasteiger partial charge in [-0.2, -0.15) is 0 Å². The second-order valence-corrected chi connectivity index (χ2v) is 11.2. The van der Waals surface area contributed by atoms with Gasteiger partial charge in [-0.25, -0.2) is 0 Å². The van der Waals surface area contributed by atoms with Gasteiger partial charge in [0.25, 0.3) is 0 Å². The molecule has 6 heteroatoms. The average molecular weight is 434 g/mol. The molecule has 0 amide bonds. The standard InChI is InChI=1S/C25H39NO5/c1-14(30-15(2)27)20-8-9-21-19-7-6-17-12-18(31-16(3)28)10-11-24(17,4)22(19)13-23(26-29)25(20,21)5/h14,17-22,29H,6-13H2,1-5H3/b26-23+/t14-,17-,18-,19-,20+,21-,22-,24-,25+/m0/s1. The summed E-state index contributed by atoms with van der Waals surface area (Å²) in [6.45, 7) is 9.66. The number of nitrogens with zero attached hydrogens (tertiary/aromatic N) is 1. The molecule has 0 radical (unpaired) electrons. The van der Waals surface area contributed by atoms with Crippen LogP contribution in [0.25, 0.3) is 0 Å². The van der Waals surface area contributed by atoms with E-state index >= 15 is 0 Å². The van der Waals surface area contributed by atoms with Crippen LogP contribution in [-0.2, 0) is 19.1 Å². The van der Waals surface area contributed by atoms with Gasteiger partial charge in [0.05, 0.1) is 5.71 Å². The lowest BCUT2D eigenvalue weighted by Gasteiger charge is -2.61. The molecule has 0 unspecified atom stereocenters. The van der Waals surface area contributed by atoms with Crippen LogP contribution >= 0.6 is 0 Å². The van der Waals surface area contributed by atoms with E-state index in [9.17, 15) is 14.8 Å². The van der Waals surface area contributed by atoms with E-state index in [2.05, 4.69) is 19.0 Å². The summed E-state index contributed by atoms with van der Waals surface area (Å²) in [4.78, 5) is 23.1. The van der Waals surface area contributed by atoms with E-state index in [1.54, 1.807) is 0 Å². The Morgan fingerprint density at radius 3 is 2.45 bits per heavy atom. The quantitative estimate of drug-likeness (QED) is 0.386. The lowest BCUT2D eigenvalue weighted by Crippen LogP contribution is -2.58. The number of hydrogen-bond donors (Lipinski definition) is 1. The molecule has 0 saturated heterocycles. The molecule has 31 heavy (non-hydrogen) atoms. The smallest absolute Gasteiger partial charge is 0.302 e. The Labute approximate surface area is 186 Å². The Kier molecular flexibility index (Phi) is 5.89. The summed E-state index contributed by atoms with van der Waals surface area (Å²) in [7, 11) is 0. The minimum absolute atomic E-state index is 0.0485. The Hall–Kier alpha value is -1.59. The van der Waals surface area contributed by atoms with Gasteiger partial charge < -0.3 is 14.7 Å². The largest absolute Gasteiger partial charge is 0.463 e. The molecule has 9 atom stereocenters. The summed E-state index contributed by atoms with van der Waals surface area (Å²) in [5.74, 6) is 1.89. The lowest BCUT2D eigenvalue weighted by atomic mass is 9.44. The molecule has 4 saturated carbocycles. The number of oxime groups is 1. The SMILES string of the molecule is CC(=O)O[C@H]1CC[C@@]2(C)[C@@H](CC[C@@H]3[C@@H]2C/C(=N\O)[C@]2(C)[C@@H]([C@H](C)OC(C)=O)CC[C@@H]32)C1. The van der Waals surface area contributed by atoms with E-state index in [-0.39, 0.29) is 40.9 Å². The molecule has 0 aromatic rings. The highest BCUT2D eigenvalue weighted by Gasteiger charge is 2.63. The minimum atomic E-state index is -0.242. The van der Waals surface area contributed by atoms with Crippen molar-refractivity contribution >= 4 is 17.7 Å². The van der Waals surface area contributed by atoms with Crippen molar-refractivity contribution in [1.82, 2.24) is 0 Å². The van der Waals surface area contributed by atoms with Crippen molar-refractivity contribution < 1.29 is 24.3 Å². The van der Waals surface area contributed by atoms with Gasteiger partial charge in [0.1, 0.15) is 12.2 Å². The van der Waals surface area contributed by atoms with Crippen LogP contribution in [0.15, 0.2) is 5.16 Å². The van der Waals surface area contributed by atoms with E-state index in [1.165, 1.54) is 26.7 Å². The van der Waals surface area contributed by atoms with E-state index in [0.717, 1.165) is 44.2 Å². The number of rotatable bonds is 3. The molecule has 0 aliphatic heterocycles. The molecule has 4 aliphatic rings. The van der Waals surface area contributed by atoms with Crippen LogP contribution in [0.4, 0.5) is 0 Å². The number of ether oxygens (including phenoxy) is 2. The highest BCUT2D eigenvalue weighted by molar-refractivity contribution is 5.91. The first-order valence-corrected chi connectivity index (χ1v) is 12.2. The van der Waals surface area contributed by atoms with Crippen LogP contribution in [0.3, 0.4) is 0 Å². The minimum Gasteiger partial charge on any atom is -0.463 e. The normalized spacial score (nSPS) is 46.4. The van der Waals surface area contributed by atoms with Crippen molar-refractivity contribution in [3.05, 3.63) is 0 Å². The van der Waals surface area contributed by atoms with Crippen molar-refractivity contribution in [1.29, 1.82) is 0 Å². The zero-order valence-electron chi connectivity index (χ0n) is 19.7. The molecule has 4 rings (SSSR count). The van der Waals surface area contributed by atoms with Crippen molar-refractivity contribution in [2.45, 2.75) is 98.2 Å². The summed E-state index contributed by atoms with van der Waals surface area (Å²) in [6, 6.07) is 0. The van der Waals surface area contributed by atoms with E-state index in [1.807, 2.05) is 6.92 Å². The van der Waals surface area contributed by atoms with E-state index < -0.39 is 0 Å². The summed E-state index contributed by atoms with van der Waals surface area (Å²) in [5.41, 5.74) is 0.878. The highest BCUT2D eigenvalue weighted by Crippen LogP contribution is 2.67. The Balaban J connectivity index is 1.60. The Morgan fingerprint density at radius 1 is 1.06 bits per heavy atom. The molecule has 0 aromatic heterocycles. The topological polar surface area (TPSA) is 85.2 Å². The van der Waals surface area contributed by atoms with Gasteiger partial charge in [-0.3, -0.25) is 9.59 Å². The Morgan fingerprint density at radius 2 is 1.81 bits per heavy atom. The third kappa shape index (κ3) is 3.58. The van der Waals surface area contributed by atoms with Crippen molar-refractivity contribution in [2.24, 2.45) is 45.6 Å². The van der Waals surface area contributed by atoms with Gasteiger partial charge in [0, 0.05) is 25.2 Å². The molecule has 0 heterocycles. The summed E-state index contributed by atoms with van der Waals surface area (Å²) < 4.78 is 11.2. The number of fused-ring (bicyclic) bond motifs is 5. The fourth-order valence-corrected chi connectivity index (χ4v) is 8.57. The van der Waals surface area contributed by atoms with Crippen LogP contribution in [-0.4, -0.2) is 35.1 Å². The molecule has 4 aliphatic carbocycles. The molecule has 4 fully saturated rings. The maximum Gasteiger partial charge on any atom is 0.302 e. The van der Waals surface area contributed by atoms with Crippen molar-refractivity contribution in [3.8, 4) is 0 Å². The zero-order chi connectivity index (χ0) is 22.6. The average Bonchev–Trinajstić information content (AvgIpc) is 3.05.